The Morgan fingerprint density at radius 2 is 1.57 bits per heavy atom. The van der Waals surface area contributed by atoms with E-state index in [4.69, 9.17) is 14.2 Å². The molecule has 0 saturated heterocycles. The van der Waals surface area contributed by atoms with Gasteiger partial charge in [-0.1, -0.05) is 12.1 Å². The van der Waals surface area contributed by atoms with Crippen LogP contribution in [-0.2, 0) is 11.2 Å². The minimum atomic E-state index is 0.581. The molecule has 0 unspecified atom stereocenters. The minimum absolute atomic E-state index is 0.581. The molecule has 23 heavy (non-hydrogen) atoms. The van der Waals surface area contributed by atoms with Gasteiger partial charge in [0.15, 0.2) is 0 Å². The Labute approximate surface area is 138 Å². The van der Waals surface area contributed by atoms with Crippen molar-refractivity contribution in [3.63, 3.8) is 0 Å². The molecule has 4 nitrogen and oxygen atoms in total. The van der Waals surface area contributed by atoms with Gasteiger partial charge in [0, 0.05) is 18.8 Å². The average Bonchev–Trinajstić information content (AvgIpc) is 2.60. The normalized spacial score (nSPS) is 10.3. The van der Waals surface area contributed by atoms with Crippen molar-refractivity contribution in [2.45, 2.75) is 13.3 Å². The summed E-state index contributed by atoms with van der Waals surface area (Å²) >= 11 is 0. The molecule has 2 aromatic rings. The van der Waals surface area contributed by atoms with E-state index in [9.17, 15) is 0 Å². The molecule has 0 spiro atoms. The lowest BCUT2D eigenvalue weighted by molar-refractivity contribution is 0.110. The lowest BCUT2D eigenvalue weighted by atomic mass is 10.1. The van der Waals surface area contributed by atoms with E-state index in [0.29, 0.717) is 13.2 Å². The molecular formula is C19H25NO3. The average molecular weight is 315 g/mol. The van der Waals surface area contributed by atoms with E-state index in [0.717, 1.165) is 36.8 Å². The van der Waals surface area contributed by atoms with E-state index in [2.05, 4.69) is 17.4 Å². The first-order valence-electron chi connectivity index (χ1n) is 7.99. The number of hydrogen-bond donors (Lipinski definition) is 1. The van der Waals surface area contributed by atoms with Crippen LogP contribution >= 0.6 is 0 Å². The molecule has 0 aromatic heterocycles. The molecule has 4 heteroatoms. The molecule has 0 fully saturated rings. The standard InChI is InChI=1S/C19H25NO3/c1-3-22-14-15-23-19-10-6-17(7-11-19)20-13-12-16-4-8-18(21-2)9-5-16/h4-11,20H,3,12-15H2,1-2H3. The van der Waals surface area contributed by atoms with E-state index < -0.39 is 0 Å². The van der Waals surface area contributed by atoms with Gasteiger partial charge in [-0.25, -0.2) is 0 Å². The molecule has 0 aliphatic heterocycles. The summed E-state index contributed by atoms with van der Waals surface area (Å²) in [6.45, 7) is 4.79. The number of hydrogen-bond acceptors (Lipinski definition) is 4. The third-order valence-electron chi connectivity index (χ3n) is 3.46. The zero-order valence-corrected chi connectivity index (χ0v) is 13.9. The first kappa shape index (κ1) is 17.2. The predicted octanol–water partition coefficient (Wildman–Crippen LogP) is 3.77. The summed E-state index contributed by atoms with van der Waals surface area (Å²) in [4.78, 5) is 0. The second kappa shape index (κ2) is 9.74. The van der Waals surface area contributed by atoms with Crippen LogP contribution in [0.4, 0.5) is 5.69 Å². The molecule has 0 amide bonds. The van der Waals surface area contributed by atoms with Gasteiger partial charge >= 0.3 is 0 Å². The maximum Gasteiger partial charge on any atom is 0.119 e. The number of benzene rings is 2. The van der Waals surface area contributed by atoms with Crippen molar-refractivity contribution in [1.82, 2.24) is 0 Å². The van der Waals surface area contributed by atoms with Gasteiger partial charge in [0.2, 0.25) is 0 Å². The molecule has 0 heterocycles. The summed E-state index contributed by atoms with van der Waals surface area (Å²) in [6, 6.07) is 16.2. The number of methoxy groups -OCH3 is 1. The van der Waals surface area contributed by atoms with Gasteiger partial charge in [0.25, 0.3) is 0 Å². The van der Waals surface area contributed by atoms with Gasteiger partial charge < -0.3 is 19.5 Å². The Kier molecular flexibility index (Phi) is 7.27. The predicted molar refractivity (Wildman–Crippen MR) is 93.6 cm³/mol. The Bertz CT molecular complexity index is 552. The summed E-state index contributed by atoms with van der Waals surface area (Å²) in [5.41, 5.74) is 2.38. The molecule has 124 valence electrons. The molecule has 0 aliphatic carbocycles. The summed E-state index contributed by atoms with van der Waals surface area (Å²) in [5, 5.41) is 3.41. The van der Waals surface area contributed by atoms with Gasteiger partial charge in [-0.2, -0.15) is 0 Å². The third-order valence-corrected chi connectivity index (χ3v) is 3.46. The van der Waals surface area contributed by atoms with Crippen LogP contribution in [0.3, 0.4) is 0 Å². The fourth-order valence-corrected chi connectivity index (χ4v) is 2.18. The van der Waals surface area contributed by atoms with Gasteiger partial charge in [0.05, 0.1) is 13.7 Å². The van der Waals surface area contributed by atoms with E-state index in [1.54, 1.807) is 7.11 Å². The van der Waals surface area contributed by atoms with E-state index >= 15 is 0 Å². The fourth-order valence-electron chi connectivity index (χ4n) is 2.18. The lowest BCUT2D eigenvalue weighted by Crippen LogP contribution is -2.07. The summed E-state index contributed by atoms with van der Waals surface area (Å²) in [6.07, 6.45) is 0.969. The Balaban J connectivity index is 1.70. The second-order valence-corrected chi connectivity index (χ2v) is 5.09. The van der Waals surface area contributed by atoms with Crippen LogP contribution in [0.1, 0.15) is 12.5 Å². The molecule has 2 aromatic carbocycles. The smallest absolute Gasteiger partial charge is 0.119 e. The van der Waals surface area contributed by atoms with Gasteiger partial charge in [-0.15, -0.1) is 0 Å². The van der Waals surface area contributed by atoms with Gasteiger partial charge in [0.1, 0.15) is 18.1 Å². The van der Waals surface area contributed by atoms with Crippen LogP contribution in [0, 0.1) is 0 Å². The summed E-state index contributed by atoms with van der Waals surface area (Å²) in [7, 11) is 1.68. The van der Waals surface area contributed by atoms with E-state index in [-0.39, 0.29) is 0 Å². The van der Waals surface area contributed by atoms with Crippen LogP contribution < -0.4 is 14.8 Å². The second-order valence-electron chi connectivity index (χ2n) is 5.09. The van der Waals surface area contributed by atoms with Crippen molar-refractivity contribution >= 4 is 5.69 Å². The van der Waals surface area contributed by atoms with Crippen LogP contribution in [0.15, 0.2) is 48.5 Å². The molecule has 0 atom stereocenters. The maximum absolute atomic E-state index is 5.59. The largest absolute Gasteiger partial charge is 0.497 e. The molecule has 2 rings (SSSR count). The monoisotopic (exact) mass is 315 g/mol. The first-order valence-corrected chi connectivity index (χ1v) is 7.99. The van der Waals surface area contributed by atoms with Crippen LogP contribution in [0.5, 0.6) is 11.5 Å². The van der Waals surface area contributed by atoms with Crippen molar-refractivity contribution in [3.05, 3.63) is 54.1 Å². The van der Waals surface area contributed by atoms with Gasteiger partial charge in [-0.3, -0.25) is 0 Å². The molecule has 0 saturated carbocycles. The third kappa shape index (κ3) is 6.20. The molecular weight excluding hydrogens is 290 g/mol. The van der Waals surface area contributed by atoms with Crippen molar-refractivity contribution in [3.8, 4) is 11.5 Å². The number of rotatable bonds is 10. The maximum atomic E-state index is 5.59. The van der Waals surface area contributed by atoms with Crippen LogP contribution in [0.2, 0.25) is 0 Å². The number of ether oxygens (including phenoxy) is 3. The zero-order chi connectivity index (χ0) is 16.3. The van der Waals surface area contributed by atoms with Crippen molar-refractivity contribution in [2.75, 3.05) is 38.8 Å². The summed E-state index contributed by atoms with van der Waals surface area (Å²) in [5.74, 6) is 1.76. The molecule has 1 N–H and O–H groups in total. The van der Waals surface area contributed by atoms with Crippen molar-refractivity contribution in [1.29, 1.82) is 0 Å². The van der Waals surface area contributed by atoms with Crippen LogP contribution in [-0.4, -0.2) is 33.5 Å². The number of nitrogens with one attached hydrogen (secondary N) is 1. The van der Waals surface area contributed by atoms with Crippen LogP contribution in [0.25, 0.3) is 0 Å². The number of anilines is 1. The topological polar surface area (TPSA) is 39.7 Å². The first-order chi connectivity index (χ1) is 11.3. The highest BCUT2D eigenvalue weighted by atomic mass is 16.5. The fraction of sp³-hybridized carbons (Fsp3) is 0.368. The van der Waals surface area contributed by atoms with Crippen molar-refractivity contribution < 1.29 is 14.2 Å². The van der Waals surface area contributed by atoms with Crippen molar-refractivity contribution in [2.24, 2.45) is 0 Å². The highest BCUT2D eigenvalue weighted by Gasteiger charge is 1.97. The summed E-state index contributed by atoms with van der Waals surface area (Å²) < 4.78 is 16.0. The highest BCUT2D eigenvalue weighted by Crippen LogP contribution is 2.16. The highest BCUT2D eigenvalue weighted by molar-refractivity contribution is 5.46. The van der Waals surface area contributed by atoms with E-state index in [1.165, 1.54) is 5.56 Å². The molecule has 0 aliphatic rings. The minimum Gasteiger partial charge on any atom is -0.497 e. The Morgan fingerprint density at radius 1 is 0.870 bits per heavy atom. The molecule has 0 radical (unpaired) electrons. The van der Waals surface area contributed by atoms with Gasteiger partial charge in [-0.05, 0) is 55.3 Å². The van der Waals surface area contributed by atoms with E-state index in [1.807, 2.05) is 43.3 Å². The SMILES string of the molecule is CCOCCOc1ccc(NCCc2ccc(OC)cc2)cc1. The molecule has 0 bridgehead atoms. The Hall–Kier alpha value is -2.20. The lowest BCUT2D eigenvalue weighted by Gasteiger charge is -2.09. The zero-order valence-electron chi connectivity index (χ0n) is 13.9. The Morgan fingerprint density at radius 3 is 2.22 bits per heavy atom. The quantitative estimate of drug-likeness (QED) is 0.678.